The van der Waals surface area contributed by atoms with E-state index in [-0.39, 0.29) is 50.2 Å². The van der Waals surface area contributed by atoms with Gasteiger partial charge in [-0.2, -0.15) is 0 Å². The van der Waals surface area contributed by atoms with Gasteiger partial charge in [-0.1, -0.05) is 157 Å². The second-order valence-electron chi connectivity index (χ2n) is 30.1. The van der Waals surface area contributed by atoms with Crippen LogP contribution in [0, 0.1) is 13.8 Å². The van der Waals surface area contributed by atoms with Crippen LogP contribution in [-0.4, -0.2) is 12.3 Å². The molecule has 0 radical (unpaired) electrons. The highest BCUT2D eigenvalue weighted by Crippen LogP contribution is 2.65. The molecule has 0 saturated heterocycles. The predicted octanol–water partition coefficient (Wildman–Crippen LogP) is 17.4. The van der Waals surface area contributed by atoms with Crippen molar-refractivity contribution in [2.45, 2.75) is 199 Å². The van der Waals surface area contributed by atoms with Crippen LogP contribution in [0.15, 0.2) is 109 Å². The monoisotopic (exact) mass is 1010 g/mol. The summed E-state index contributed by atoms with van der Waals surface area (Å²) in [5, 5.41) is 0. The van der Waals surface area contributed by atoms with E-state index in [1.807, 2.05) is 0 Å². The first kappa shape index (κ1) is 48.2. The lowest BCUT2D eigenvalue weighted by Crippen LogP contribution is -2.61. The number of hydrogen-bond acceptors (Lipinski definition) is 3. The molecule has 0 aromatic heterocycles. The van der Waals surface area contributed by atoms with E-state index in [1.54, 1.807) is 5.56 Å². The van der Waals surface area contributed by atoms with Gasteiger partial charge in [0.25, 0.3) is 6.71 Å². The van der Waals surface area contributed by atoms with Crippen LogP contribution in [0.25, 0.3) is 11.1 Å². The highest BCUT2D eigenvalue weighted by atomic mass is 15.3. The van der Waals surface area contributed by atoms with Gasteiger partial charge in [-0.05, 0) is 218 Å². The molecule has 0 amide bonds. The summed E-state index contributed by atoms with van der Waals surface area (Å²) in [6.45, 7) is 40.0. The van der Waals surface area contributed by atoms with Gasteiger partial charge in [-0.25, -0.2) is 0 Å². The van der Waals surface area contributed by atoms with Crippen LogP contribution in [0.5, 0.6) is 0 Å². The van der Waals surface area contributed by atoms with Crippen molar-refractivity contribution in [3.05, 3.63) is 170 Å². The first-order valence-electron chi connectivity index (χ1n) is 29.7. The second kappa shape index (κ2) is 14.6. The molecule has 7 aromatic carbocycles. The van der Waals surface area contributed by atoms with Crippen LogP contribution < -0.4 is 31.1 Å². The molecule has 6 bridgehead atoms. The molecule has 3 nitrogen and oxygen atoms in total. The molecule has 4 aliphatic carbocycles. The van der Waals surface area contributed by atoms with Crippen LogP contribution in [0.2, 0.25) is 0 Å². The summed E-state index contributed by atoms with van der Waals surface area (Å²) >= 11 is 0. The molecule has 77 heavy (non-hydrogen) atoms. The quantitative estimate of drug-likeness (QED) is 0.152. The molecule has 15 rings (SSSR count). The van der Waals surface area contributed by atoms with Crippen LogP contribution in [-0.2, 0) is 37.9 Å². The van der Waals surface area contributed by atoms with Crippen molar-refractivity contribution in [1.82, 2.24) is 0 Å². The van der Waals surface area contributed by atoms with E-state index in [4.69, 9.17) is 0 Å². The van der Waals surface area contributed by atoms with E-state index in [2.05, 4.69) is 235 Å². The third kappa shape index (κ3) is 5.91. The zero-order chi connectivity index (χ0) is 53.8. The number of benzene rings is 7. The Labute approximate surface area is 461 Å². The smallest absolute Gasteiger partial charge is 0.252 e. The Hall–Kier alpha value is -6.00. The fourth-order valence-corrected chi connectivity index (χ4v) is 18.4. The number of anilines is 8. The maximum absolute atomic E-state index is 2.90. The molecule has 3 atom stereocenters. The van der Waals surface area contributed by atoms with Crippen molar-refractivity contribution in [1.29, 1.82) is 0 Å². The number of fused-ring (bicyclic) bond motifs is 17. The molecule has 7 aromatic rings. The first-order valence-corrected chi connectivity index (χ1v) is 29.7. The van der Waals surface area contributed by atoms with Crippen LogP contribution >= 0.6 is 0 Å². The maximum atomic E-state index is 2.90. The summed E-state index contributed by atoms with van der Waals surface area (Å²) in [7, 11) is 0. The Morgan fingerprint density at radius 1 is 0.455 bits per heavy atom. The molecule has 4 aliphatic heterocycles. The third-order valence-corrected chi connectivity index (χ3v) is 22.6. The number of hydrogen-bond donors (Lipinski definition) is 0. The normalized spacial score (nSPS) is 25.2. The molecule has 390 valence electrons. The van der Waals surface area contributed by atoms with Gasteiger partial charge in [0.1, 0.15) is 0 Å². The van der Waals surface area contributed by atoms with Crippen molar-refractivity contribution in [2.75, 3.05) is 14.7 Å². The van der Waals surface area contributed by atoms with Crippen LogP contribution in [0.1, 0.15) is 203 Å². The molecule has 1 fully saturated rings. The van der Waals surface area contributed by atoms with Gasteiger partial charge in [0.2, 0.25) is 0 Å². The summed E-state index contributed by atoms with van der Waals surface area (Å²) < 4.78 is 0. The van der Waals surface area contributed by atoms with E-state index >= 15 is 0 Å². The Bertz CT molecular complexity index is 3840. The minimum Gasteiger partial charge on any atom is -0.334 e. The van der Waals surface area contributed by atoms with Crippen molar-refractivity contribution in [2.24, 2.45) is 0 Å². The second-order valence-corrected chi connectivity index (χ2v) is 30.1. The maximum Gasteiger partial charge on any atom is 0.252 e. The highest BCUT2D eigenvalue weighted by Gasteiger charge is 2.59. The van der Waals surface area contributed by atoms with Crippen molar-refractivity contribution < 1.29 is 0 Å². The van der Waals surface area contributed by atoms with Gasteiger partial charge in [0.05, 0.1) is 5.54 Å². The molecule has 4 heteroatoms. The molecule has 0 spiro atoms. The molecular formula is C73H80BN3. The average molecular weight is 1010 g/mol. The molecule has 0 N–H and O–H groups in total. The minimum atomic E-state index is -0.204. The van der Waals surface area contributed by atoms with Gasteiger partial charge in [-0.15, -0.1) is 0 Å². The Morgan fingerprint density at radius 2 is 1.09 bits per heavy atom. The van der Waals surface area contributed by atoms with Crippen LogP contribution in [0.3, 0.4) is 0 Å². The fourth-order valence-electron chi connectivity index (χ4n) is 18.4. The standard InChI is InChI=1S/C73H80BN3/c1-42-31-63-65-64(32-42)76-59-39-55-51(33-43(59)2)67(6,7)29-30-71(55,14)54-40-60-56(36-50(54)66(3,4)5)72(15)27-19-20-28-73(72,16)77(60)45-24-26-57(61(76)35-45)74(65)58-37-52-53(69(10,11)41-68(52,8)9)38-62(58)75(63)44-23-25-47-46-21-17-18-22-48(46)70(12,13)49(47)34-44/h17-18,21-26,31-40H,19-20,27-30,41H2,1-16H3. The topological polar surface area (TPSA) is 9.72 Å². The van der Waals surface area contributed by atoms with Gasteiger partial charge in [0, 0.05) is 61.7 Å². The van der Waals surface area contributed by atoms with Crippen molar-refractivity contribution >= 4 is 68.6 Å². The Kier molecular flexibility index (Phi) is 9.14. The van der Waals surface area contributed by atoms with Gasteiger partial charge in [0.15, 0.2) is 0 Å². The molecule has 3 unspecified atom stereocenters. The third-order valence-electron chi connectivity index (χ3n) is 22.6. The largest absolute Gasteiger partial charge is 0.334 e. The predicted molar refractivity (Wildman–Crippen MR) is 328 cm³/mol. The summed E-state index contributed by atoms with van der Waals surface area (Å²) in [4.78, 5) is 8.39. The van der Waals surface area contributed by atoms with E-state index in [1.165, 1.54) is 154 Å². The van der Waals surface area contributed by atoms with E-state index in [0.717, 1.165) is 19.3 Å². The fraction of sp³-hybridized carbons (Fsp3) is 0.425. The summed E-state index contributed by atoms with van der Waals surface area (Å²) in [6, 6.07) is 45.7. The van der Waals surface area contributed by atoms with Gasteiger partial charge >= 0.3 is 0 Å². The van der Waals surface area contributed by atoms with Crippen molar-refractivity contribution in [3.8, 4) is 11.1 Å². The number of rotatable bonds is 1. The zero-order valence-corrected chi connectivity index (χ0v) is 49.3. The van der Waals surface area contributed by atoms with Crippen molar-refractivity contribution in [3.63, 3.8) is 0 Å². The Morgan fingerprint density at radius 3 is 1.84 bits per heavy atom. The molecule has 1 saturated carbocycles. The van der Waals surface area contributed by atoms with Gasteiger partial charge in [-0.3, -0.25) is 0 Å². The lowest BCUT2D eigenvalue weighted by Gasteiger charge is -2.51. The SMILES string of the molecule is Cc1cc2c3c(c1)N1c4cc5c(cc4C)C(C)(C)CCC5(C)c4cc5c(cc4C(C)(C)C)C4(C)CCCCC4(C)N5c4ccc(c1c4)B3c1cc3c(cc1N2c1ccc2c(c1)C(C)(C)c1ccccc1-2)C(C)(C)CC3(C)C. The van der Waals surface area contributed by atoms with Gasteiger partial charge < -0.3 is 14.7 Å². The molecule has 8 aliphatic rings. The average Bonchev–Trinajstić information content (AvgIpc) is 3.98. The zero-order valence-electron chi connectivity index (χ0n) is 49.3. The van der Waals surface area contributed by atoms with E-state index in [9.17, 15) is 0 Å². The lowest BCUT2D eigenvalue weighted by molar-refractivity contribution is 0.195. The van der Waals surface area contributed by atoms with E-state index < -0.39 is 0 Å². The summed E-state index contributed by atoms with van der Waals surface area (Å²) in [5.74, 6) is 0. The molecule has 4 heterocycles. The highest BCUT2D eigenvalue weighted by molar-refractivity contribution is 7.00. The lowest BCUT2D eigenvalue weighted by atomic mass is 9.33. The number of aryl methyl sites for hydroxylation is 2. The summed E-state index contributed by atoms with van der Waals surface area (Å²) in [5.41, 5.74) is 33.4. The Balaban J connectivity index is 1.07. The van der Waals surface area contributed by atoms with Crippen LogP contribution in [0.4, 0.5) is 45.5 Å². The number of nitrogens with zero attached hydrogens (tertiary/aromatic N) is 3. The first-order chi connectivity index (χ1) is 36.2. The molecular weight excluding hydrogens is 930 g/mol. The minimum absolute atomic E-state index is 0.00455. The summed E-state index contributed by atoms with van der Waals surface area (Å²) in [6.07, 6.45) is 8.29. The van der Waals surface area contributed by atoms with E-state index in [0.29, 0.717) is 0 Å².